The Balaban J connectivity index is 1.57. The number of benzene rings is 3. The van der Waals surface area contributed by atoms with Gasteiger partial charge in [0.15, 0.2) is 0 Å². The van der Waals surface area contributed by atoms with Gasteiger partial charge in [-0.05, 0) is 54.4 Å². The highest BCUT2D eigenvalue weighted by Crippen LogP contribution is 2.18. The van der Waals surface area contributed by atoms with Crippen LogP contribution in [0.15, 0.2) is 82.4 Å². The van der Waals surface area contributed by atoms with Gasteiger partial charge in [0, 0.05) is 15.7 Å². The molecule has 0 unspecified atom stereocenters. The summed E-state index contributed by atoms with van der Waals surface area (Å²) in [6.45, 7) is 2.29. The van der Waals surface area contributed by atoms with Gasteiger partial charge in [0.05, 0.1) is 6.21 Å². The lowest BCUT2D eigenvalue weighted by atomic mass is 10.2. The number of anilines is 1. The van der Waals surface area contributed by atoms with Gasteiger partial charge >= 0.3 is 11.8 Å². The molecule has 0 bridgehead atoms. The molecule has 0 radical (unpaired) electrons. The van der Waals surface area contributed by atoms with Gasteiger partial charge in [-0.25, -0.2) is 5.43 Å². The number of hydrazone groups is 1. The third-order valence-electron chi connectivity index (χ3n) is 4.08. The molecule has 0 atom stereocenters. The summed E-state index contributed by atoms with van der Waals surface area (Å²) in [6, 6.07) is 22.3. The average molecular weight is 466 g/mol. The topological polar surface area (TPSA) is 79.8 Å². The highest BCUT2D eigenvalue weighted by Gasteiger charge is 2.13. The fourth-order valence-corrected chi connectivity index (χ4v) is 2.85. The number of ether oxygens (including phenoxy) is 1. The summed E-state index contributed by atoms with van der Waals surface area (Å²) in [4.78, 5) is 24.0. The van der Waals surface area contributed by atoms with Gasteiger partial charge in [0.2, 0.25) is 0 Å². The number of hydrogen-bond donors (Lipinski definition) is 2. The fourth-order valence-electron chi connectivity index (χ4n) is 2.58. The maximum absolute atomic E-state index is 12.0. The van der Waals surface area contributed by atoms with Gasteiger partial charge in [-0.15, -0.1) is 0 Å². The average Bonchev–Trinajstić information content (AvgIpc) is 2.74. The molecule has 2 N–H and O–H groups in total. The molecule has 2 amide bonds. The fraction of sp³-hybridized carbons (Fsp3) is 0.0870. The van der Waals surface area contributed by atoms with Crippen LogP contribution in [0.2, 0.25) is 0 Å². The number of nitrogens with zero attached hydrogens (tertiary/aromatic N) is 1. The molecule has 0 aromatic heterocycles. The molecule has 0 aliphatic carbocycles. The van der Waals surface area contributed by atoms with Crippen LogP contribution in [0.25, 0.3) is 0 Å². The number of carbonyl (C=O) groups is 2. The van der Waals surface area contributed by atoms with Crippen molar-refractivity contribution in [3.8, 4) is 5.75 Å². The molecule has 0 saturated carbocycles. The number of rotatable bonds is 6. The predicted molar refractivity (Wildman–Crippen MR) is 120 cm³/mol. The van der Waals surface area contributed by atoms with Gasteiger partial charge in [0.1, 0.15) is 12.4 Å². The lowest BCUT2D eigenvalue weighted by Crippen LogP contribution is -2.32. The number of hydrogen-bond acceptors (Lipinski definition) is 4. The Morgan fingerprint density at radius 1 is 1.00 bits per heavy atom. The van der Waals surface area contributed by atoms with Crippen molar-refractivity contribution in [2.75, 3.05) is 5.32 Å². The van der Waals surface area contributed by atoms with Gasteiger partial charge < -0.3 is 10.1 Å². The minimum Gasteiger partial charge on any atom is -0.488 e. The van der Waals surface area contributed by atoms with Crippen molar-refractivity contribution in [1.29, 1.82) is 0 Å². The number of para-hydroxylation sites is 1. The zero-order valence-electron chi connectivity index (χ0n) is 16.3. The molecule has 6 nitrogen and oxygen atoms in total. The maximum atomic E-state index is 12.0. The lowest BCUT2D eigenvalue weighted by Gasteiger charge is -2.09. The number of halogens is 1. The largest absolute Gasteiger partial charge is 0.488 e. The highest BCUT2D eigenvalue weighted by molar-refractivity contribution is 9.10. The summed E-state index contributed by atoms with van der Waals surface area (Å²) >= 11 is 3.40. The van der Waals surface area contributed by atoms with E-state index in [0.717, 1.165) is 15.6 Å². The first-order valence-corrected chi connectivity index (χ1v) is 9.98. The quantitative estimate of drug-likeness (QED) is 0.321. The zero-order valence-corrected chi connectivity index (χ0v) is 17.8. The van der Waals surface area contributed by atoms with Gasteiger partial charge in [-0.3, -0.25) is 9.59 Å². The number of aryl methyl sites for hydroxylation is 1. The summed E-state index contributed by atoms with van der Waals surface area (Å²) in [5.41, 5.74) is 5.45. The summed E-state index contributed by atoms with van der Waals surface area (Å²) in [7, 11) is 0. The first-order chi connectivity index (χ1) is 14.5. The van der Waals surface area contributed by atoms with Crippen LogP contribution in [-0.2, 0) is 16.2 Å². The van der Waals surface area contributed by atoms with Crippen molar-refractivity contribution >= 4 is 39.6 Å². The van der Waals surface area contributed by atoms with Crippen molar-refractivity contribution in [2.24, 2.45) is 5.10 Å². The van der Waals surface area contributed by atoms with Gasteiger partial charge in [-0.2, -0.15) is 5.10 Å². The first kappa shape index (κ1) is 21.3. The molecule has 0 aliphatic rings. The van der Waals surface area contributed by atoms with E-state index in [-0.39, 0.29) is 0 Å². The summed E-state index contributed by atoms with van der Waals surface area (Å²) in [5.74, 6) is -1.04. The van der Waals surface area contributed by atoms with Crippen LogP contribution in [-0.4, -0.2) is 18.0 Å². The first-order valence-electron chi connectivity index (χ1n) is 9.18. The SMILES string of the molecule is Cc1cccc(NC(=O)C(=O)N/N=C/c2ccccc2OCc2ccc(Br)cc2)c1. The van der Waals surface area contributed by atoms with E-state index in [9.17, 15) is 9.59 Å². The van der Waals surface area contributed by atoms with E-state index in [1.54, 1.807) is 24.3 Å². The Hall–Kier alpha value is -3.45. The van der Waals surface area contributed by atoms with Crippen molar-refractivity contribution in [1.82, 2.24) is 5.43 Å². The Bertz CT molecular complexity index is 1070. The Labute approximate surface area is 183 Å². The van der Waals surface area contributed by atoms with Crippen molar-refractivity contribution in [3.63, 3.8) is 0 Å². The second-order valence-electron chi connectivity index (χ2n) is 6.48. The third kappa shape index (κ3) is 6.28. The minimum absolute atomic E-state index is 0.392. The summed E-state index contributed by atoms with van der Waals surface area (Å²) < 4.78 is 6.86. The molecule has 30 heavy (non-hydrogen) atoms. The molecular formula is C23H20BrN3O3. The molecule has 0 aliphatic heterocycles. The van der Waals surface area contributed by atoms with E-state index in [0.29, 0.717) is 23.6 Å². The third-order valence-corrected chi connectivity index (χ3v) is 4.61. The molecule has 0 heterocycles. The van der Waals surface area contributed by atoms with Gasteiger partial charge in [0.25, 0.3) is 0 Å². The van der Waals surface area contributed by atoms with Crippen LogP contribution in [0, 0.1) is 6.92 Å². The Kier molecular flexibility index (Phi) is 7.34. The van der Waals surface area contributed by atoms with E-state index in [2.05, 4.69) is 31.8 Å². The molecule has 0 saturated heterocycles. The van der Waals surface area contributed by atoms with Gasteiger partial charge in [-0.1, -0.05) is 52.3 Å². The zero-order chi connectivity index (χ0) is 21.3. The van der Waals surface area contributed by atoms with Crippen LogP contribution < -0.4 is 15.5 Å². The predicted octanol–water partition coefficient (Wildman–Crippen LogP) is 4.43. The molecular weight excluding hydrogens is 446 g/mol. The van der Waals surface area contributed by atoms with Crippen LogP contribution >= 0.6 is 15.9 Å². The highest BCUT2D eigenvalue weighted by atomic mass is 79.9. The molecule has 0 spiro atoms. The van der Waals surface area contributed by atoms with Crippen molar-refractivity contribution < 1.29 is 14.3 Å². The molecule has 3 aromatic rings. The Morgan fingerprint density at radius 2 is 1.77 bits per heavy atom. The molecule has 3 aromatic carbocycles. The maximum Gasteiger partial charge on any atom is 0.329 e. The normalized spacial score (nSPS) is 10.6. The van der Waals surface area contributed by atoms with E-state index in [1.165, 1.54) is 6.21 Å². The molecule has 152 valence electrons. The van der Waals surface area contributed by atoms with E-state index in [1.807, 2.05) is 55.5 Å². The molecule has 3 rings (SSSR count). The number of nitrogens with one attached hydrogen (secondary N) is 2. The lowest BCUT2D eigenvalue weighted by molar-refractivity contribution is -0.136. The summed E-state index contributed by atoms with van der Waals surface area (Å²) in [5, 5.41) is 6.41. The standard InChI is InChI=1S/C23H20BrN3O3/c1-16-5-4-7-20(13-16)26-22(28)23(29)27-25-14-18-6-2-3-8-21(18)30-15-17-9-11-19(24)12-10-17/h2-14H,15H2,1H3,(H,26,28)(H,27,29)/b25-14+. The second-order valence-corrected chi connectivity index (χ2v) is 7.39. The van der Waals surface area contributed by atoms with Crippen molar-refractivity contribution in [3.05, 3.63) is 94.0 Å². The van der Waals surface area contributed by atoms with Crippen LogP contribution in [0.3, 0.4) is 0 Å². The Morgan fingerprint density at radius 3 is 2.53 bits per heavy atom. The van der Waals surface area contributed by atoms with E-state index >= 15 is 0 Å². The monoisotopic (exact) mass is 465 g/mol. The van der Waals surface area contributed by atoms with Crippen molar-refractivity contribution in [2.45, 2.75) is 13.5 Å². The number of amides is 2. The molecule has 0 fully saturated rings. The van der Waals surface area contributed by atoms with E-state index < -0.39 is 11.8 Å². The number of carbonyl (C=O) groups excluding carboxylic acids is 2. The molecule has 7 heteroatoms. The van der Waals surface area contributed by atoms with Crippen LogP contribution in [0.4, 0.5) is 5.69 Å². The van der Waals surface area contributed by atoms with Crippen LogP contribution in [0.5, 0.6) is 5.75 Å². The minimum atomic E-state index is -0.860. The second kappa shape index (κ2) is 10.4. The van der Waals surface area contributed by atoms with E-state index in [4.69, 9.17) is 4.74 Å². The smallest absolute Gasteiger partial charge is 0.329 e. The summed E-state index contributed by atoms with van der Waals surface area (Å²) in [6.07, 6.45) is 1.44. The van der Waals surface area contributed by atoms with Crippen LogP contribution in [0.1, 0.15) is 16.7 Å².